The Morgan fingerprint density at radius 2 is 2.05 bits per heavy atom. The van der Waals surface area contributed by atoms with Crippen LogP contribution in [0.2, 0.25) is 0 Å². The van der Waals surface area contributed by atoms with Gasteiger partial charge in [0.1, 0.15) is 6.54 Å². The van der Waals surface area contributed by atoms with Crippen LogP contribution in [0.15, 0.2) is 15.8 Å². The summed E-state index contributed by atoms with van der Waals surface area (Å²) >= 11 is 0. The fraction of sp³-hybridized carbons (Fsp3) is 0.500. The maximum Gasteiger partial charge on any atom is 0.350 e. The summed E-state index contributed by atoms with van der Waals surface area (Å²) in [6.45, 7) is 1.26. The van der Waals surface area contributed by atoms with Crippen molar-refractivity contribution in [3.8, 4) is 0 Å². The number of carbonyl (C=O) groups excluding carboxylic acids is 1. The van der Waals surface area contributed by atoms with E-state index in [0.717, 1.165) is 10.8 Å². The molecule has 1 saturated heterocycles. The maximum absolute atomic E-state index is 11.9. The third-order valence-corrected chi connectivity index (χ3v) is 2.86. The highest BCUT2D eigenvalue weighted by molar-refractivity contribution is 5.76. The molecular formula is C10H12N4O6. The number of ether oxygens (including phenoxy) is 1. The zero-order chi connectivity index (χ0) is 14.7. The van der Waals surface area contributed by atoms with Gasteiger partial charge in [0, 0.05) is 13.1 Å². The van der Waals surface area contributed by atoms with Crippen molar-refractivity contribution in [2.45, 2.75) is 6.54 Å². The van der Waals surface area contributed by atoms with E-state index < -0.39 is 21.9 Å². The number of nitro groups is 1. The zero-order valence-electron chi connectivity index (χ0n) is 10.4. The van der Waals surface area contributed by atoms with Gasteiger partial charge in [-0.2, -0.15) is 0 Å². The molecule has 1 aliphatic rings. The zero-order valence-corrected chi connectivity index (χ0v) is 10.4. The number of aromatic amines is 1. The fourth-order valence-corrected chi connectivity index (χ4v) is 1.80. The molecule has 0 radical (unpaired) electrons. The van der Waals surface area contributed by atoms with Crippen molar-refractivity contribution in [2.24, 2.45) is 0 Å². The highest BCUT2D eigenvalue weighted by Crippen LogP contribution is 2.02. The molecule has 10 heteroatoms. The third-order valence-electron chi connectivity index (χ3n) is 2.86. The molecule has 0 saturated carbocycles. The van der Waals surface area contributed by atoms with Crippen molar-refractivity contribution in [3.63, 3.8) is 0 Å². The van der Waals surface area contributed by atoms with Crippen LogP contribution in [0.25, 0.3) is 0 Å². The number of morpholine rings is 1. The van der Waals surface area contributed by atoms with Gasteiger partial charge in [-0.25, -0.2) is 4.79 Å². The first kappa shape index (κ1) is 13.9. The van der Waals surface area contributed by atoms with Gasteiger partial charge in [-0.05, 0) is 0 Å². The van der Waals surface area contributed by atoms with E-state index in [9.17, 15) is 24.5 Å². The summed E-state index contributed by atoms with van der Waals surface area (Å²) in [4.78, 5) is 47.7. The van der Waals surface area contributed by atoms with E-state index in [4.69, 9.17) is 4.74 Å². The third kappa shape index (κ3) is 2.91. The van der Waals surface area contributed by atoms with Crippen molar-refractivity contribution < 1.29 is 14.5 Å². The lowest BCUT2D eigenvalue weighted by Crippen LogP contribution is -2.44. The Hall–Kier alpha value is -2.49. The van der Waals surface area contributed by atoms with Gasteiger partial charge in [0.15, 0.2) is 0 Å². The Bertz CT molecular complexity index is 642. The van der Waals surface area contributed by atoms with Crippen LogP contribution in [0.5, 0.6) is 0 Å². The van der Waals surface area contributed by atoms with Gasteiger partial charge < -0.3 is 9.64 Å². The Kier molecular flexibility index (Phi) is 3.94. The SMILES string of the molecule is O=C(Cn1cc([N+](=O)[O-])c(=O)[nH]c1=O)N1CCOCC1. The van der Waals surface area contributed by atoms with Crippen molar-refractivity contribution in [1.29, 1.82) is 0 Å². The monoisotopic (exact) mass is 284 g/mol. The first-order valence-electron chi connectivity index (χ1n) is 5.82. The number of amides is 1. The summed E-state index contributed by atoms with van der Waals surface area (Å²) in [7, 11) is 0. The molecule has 1 aromatic rings. The highest BCUT2D eigenvalue weighted by Gasteiger charge is 2.20. The van der Waals surface area contributed by atoms with Crippen LogP contribution >= 0.6 is 0 Å². The average molecular weight is 284 g/mol. The molecule has 0 aliphatic carbocycles. The molecule has 0 spiro atoms. The van der Waals surface area contributed by atoms with Gasteiger partial charge in [0.2, 0.25) is 5.91 Å². The van der Waals surface area contributed by atoms with E-state index in [1.807, 2.05) is 4.98 Å². The second kappa shape index (κ2) is 5.65. The Morgan fingerprint density at radius 3 is 2.65 bits per heavy atom. The molecule has 10 nitrogen and oxygen atoms in total. The topological polar surface area (TPSA) is 128 Å². The van der Waals surface area contributed by atoms with Gasteiger partial charge in [0.25, 0.3) is 0 Å². The molecule has 1 N–H and O–H groups in total. The van der Waals surface area contributed by atoms with Crippen molar-refractivity contribution >= 4 is 11.6 Å². The molecule has 0 aromatic carbocycles. The molecule has 1 fully saturated rings. The molecule has 0 unspecified atom stereocenters. The largest absolute Gasteiger partial charge is 0.378 e. The summed E-state index contributed by atoms with van der Waals surface area (Å²) in [5, 5.41) is 10.6. The van der Waals surface area contributed by atoms with Crippen LogP contribution in [0.4, 0.5) is 5.69 Å². The summed E-state index contributed by atoms with van der Waals surface area (Å²) in [5.74, 6) is -0.364. The van der Waals surface area contributed by atoms with Crippen LogP contribution in [-0.4, -0.2) is 51.6 Å². The number of hydrogen-bond donors (Lipinski definition) is 1. The number of nitrogens with zero attached hydrogens (tertiary/aromatic N) is 3. The van der Waals surface area contributed by atoms with Gasteiger partial charge in [-0.15, -0.1) is 0 Å². The molecule has 1 aromatic heterocycles. The quantitative estimate of drug-likeness (QED) is 0.520. The summed E-state index contributed by atoms with van der Waals surface area (Å²) in [6.07, 6.45) is 0.777. The maximum atomic E-state index is 11.9. The van der Waals surface area contributed by atoms with Crippen molar-refractivity contribution in [3.05, 3.63) is 37.1 Å². The standard InChI is InChI=1S/C10H12N4O6/c15-8(12-1-3-20-4-2-12)6-13-5-7(14(18)19)9(16)11-10(13)17/h5H,1-4,6H2,(H,11,16,17). The molecule has 108 valence electrons. The lowest BCUT2D eigenvalue weighted by Gasteiger charge is -2.26. The summed E-state index contributed by atoms with van der Waals surface area (Å²) < 4.78 is 5.91. The van der Waals surface area contributed by atoms with Gasteiger partial charge in [-0.1, -0.05) is 0 Å². The molecule has 1 amide bonds. The summed E-state index contributed by atoms with van der Waals surface area (Å²) in [6, 6.07) is 0. The molecule has 0 atom stereocenters. The van der Waals surface area contributed by atoms with Gasteiger partial charge >= 0.3 is 16.9 Å². The minimum absolute atomic E-state index is 0.364. The number of rotatable bonds is 3. The second-order valence-electron chi connectivity index (χ2n) is 4.15. The van der Waals surface area contributed by atoms with Crippen LogP contribution < -0.4 is 11.2 Å². The van der Waals surface area contributed by atoms with Crippen LogP contribution in [0, 0.1) is 10.1 Å². The molecule has 1 aliphatic heterocycles. The molecule has 2 heterocycles. The van der Waals surface area contributed by atoms with Crippen LogP contribution in [0.1, 0.15) is 0 Å². The van der Waals surface area contributed by atoms with Gasteiger partial charge in [0.05, 0.1) is 24.3 Å². The molecule has 2 rings (SSSR count). The minimum Gasteiger partial charge on any atom is -0.378 e. The van der Waals surface area contributed by atoms with E-state index in [0.29, 0.717) is 26.3 Å². The van der Waals surface area contributed by atoms with Crippen molar-refractivity contribution in [1.82, 2.24) is 14.5 Å². The molecule has 20 heavy (non-hydrogen) atoms. The number of H-pyrrole nitrogens is 1. The molecular weight excluding hydrogens is 272 g/mol. The lowest BCUT2D eigenvalue weighted by molar-refractivity contribution is -0.386. The average Bonchev–Trinajstić information content (AvgIpc) is 2.42. The molecule has 0 bridgehead atoms. The lowest BCUT2D eigenvalue weighted by atomic mass is 10.4. The Labute approximate surface area is 111 Å². The second-order valence-corrected chi connectivity index (χ2v) is 4.15. The highest BCUT2D eigenvalue weighted by atomic mass is 16.6. The van der Waals surface area contributed by atoms with E-state index in [1.165, 1.54) is 4.90 Å². The van der Waals surface area contributed by atoms with Crippen molar-refractivity contribution in [2.75, 3.05) is 26.3 Å². The predicted octanol–water partition coefficient (Wildman–Crippen LogP) is -1.70. The van der Waals surface area contributed by atoms with E-state index in [-0.39, 0.29) is 12.5 Å². The smallest absolute Gasteiger partial charge is 0.350 e. The first-order valence-corrected chi connectivity index (χ1v) is 5.82. The van der Waals surface area contributed by atoms with E-state index in [2.05, 4.69) is 0 Å². The number of carbonyl (C=O) groups is 1. The minimum atomic E-state index is -1.09. The summed E-state index contributed by atoms with van der Waals surface area (Å²) in [5.41, 5.74) is -2.73. The first-order chi connectivity index (χ1) is 9.49. The predicted molar refractivity (Wildman–Crippen MR) is 65.4 cm³/mol. The fourth-order valence-electron chi connectivity index (χ4n) is 1.80. The number of aromatic nitrogens is 2. The number of nitrogens with one attached hydrogen (secondary N) is 1. The van der Waals surface area contributed by atoms with Crippen LogP contribution in [0.3, 0.4) is 0 Å². The van der Waals surface area contributed by atoms with Gasteiger partial charge in [-0.3, -0.25) is 29.3 Å². The van der Waals surface area contributed by atoms with Crippen LogP contribution in [-0.2, 0) is 16.1 Å². The normalized spacial score (nSPS) is 15.1. The Morgan fingerprint density at radius 1 is 1.40 bits per heavy atom. The number of hydrogen-bond acceptors (Lipinski definition) is 6. The van der Waals surface area contributed by atoms with E-state index in [1.54, 1.807) is 0 Å². The Balaban J connectivity index is 2.22. The van der Waals surface area contributed by atoms with E-state index >= 15 is 0 Å².